The minimum Gasteiger partial charge on any atom is -0.476 e. The molecule has 1 fully saturated rings. The molecule has 7 heteroatoms. The number of aromatic carboxylic acids is 1. The summed E-state index contributed by atoms with van der Waals surface area (Å²) in [6.07, 6.45) is 0. The Morgan fingerprint density at radius 2 is 2.00 bits per heavy atom. The number of aliphatic hydroxyl groups excluding tert-OH is 1. The summed E-state index contributed by atoms with van der Waals surface area (Å²) in [5.74, 6) is -0.954. The third-order valence-corrected chi connectivity index (χ3v) is 3.91. The molecule has 18 heavy (non-hydrogen) atoms. The Morgan fingerprint density at radius 3 is 2.61 bits per heavy atom. The second-order valence-corrected chi connectivity index (χ2v) is 5.21. The van der Waals surface area contributed by atoms with Gasteiger partial charge < -0.3 is 10.2 Å². The number of carboxylic acid groups (broad SMARTS) is 1. The highest BCUT2D eigenvalue weighted by Gasteiger charge is 2.20. The highest BCUT2D eigenvalue weighted by Crippen LogP contribution is 2.17. The number of hydrogen-bond donors (Lipinski definition) is 2. The predicted octanol–water partition coefficient (Wildman–Crippen LogP) is -0.0488. The van der Waals surface area contributed by atoms with E-state index in [0.29, 0.717) is 6.54 Å². The second-order valence-electron chi connectivity index (χ2n) is 4.27. The van der Waals surface area contributed by atoms with Gasteiger partial charge in [0.1, 0.15) is 0 Å². The number of thiazole rings is 1. The molecule has 1 aliphatic heterocycles. The van der Waals surface area contributed by atoms with Crippen LogP contribution in [0.3, 0.4) is 0 Å². The van der Waals surface area contributed by atoms with Gasteiger partial charge in [-0.15, -0.1) is 11.3 Å². The topological polar surface area (TPSA) is 76.9 Å². The first kappa shape index (κ1) is 13.4. The van der Waals surface area contributed by atoms with Crippen LogP contribution in [0.1, 0.15) is 15.4 Å². The molecule has 6 nitrogen and oxygen atoms in total. The fourth-order valence-electron chi connectivity index (χ4n) is 2.07. The average molecular weight is 271 g/mol. The maximum Gasteiger partial charge on any atom is 0.355 e. The van der Waals surface area contributed by atoms with Crippen LogP contribution in [-0.4, -0.2) is 70.3 Å². The molecule has 0 atom stereocenters. The molecular weight excluding hydrogens is 254 g/mol. The van der Waals surface area contributed by atoms with E-state index in [-0.39, 0.29) is 12.3 Å². The third-order valence-electron chi connectivity index (χ3n) is 3.09. The van der Waals surface area contributed by atoms with Crippen molar-refractivity contribution in [2.45, 2.75) is 6.54 Å². The first-order valence-electron chi connectivity index (χ1n) is 5.92. The highest BCUT2D eigenvalue weighted by molar-refractivity contribution is 7.09. The Labute approximate surface area is 109 Å². The van der Waals surface area contributed by atoms with Crippen LogP contribution in [0.5, 0.6) is 0 Å². The SMILES string of the molecule is O=C(O)c1ncsc1CN1CCN(CCO)CC1. The Hall–Kier alpha value is -1.02. The van der Waals surface area contributed by atoms with Crippen molar-refractivity contribution in [3.63, 3.8) is 0 Å². The quantitative estimate of drug-likeness (QED) is 0.782. The lowest BCUT2D eigenvalue weighted by molar-refractivity contribution is 0.0686. The van der Waals surface area contributed by atoms with E-state index in [4.69, 9.17) is 10.2 Å². The summed E-state index contributed by atoms with van der Waals surface area (Å²) in [7, 11) is 0. The number of aliphatic hydroxyl groups is 1. The summed E-state index contributed by atoms with van der Waals surface area (Å²) in [6.45, 7) is 5.20. The van der Waals surface area contributed by atoms with E-state index in [1.165, 1.54) is 11.3 Å². The van der Waals surface area contributed by atoms with Gasteiger partial charge in [-0.05, 0) is 0 Å². The highest BCUT2D eigenvalue weighted by atomic mass is 32.1. The first-order valence-corrected chi connectivity index (χ1v) is 6.80. The number of nitrogens with zero attached hydrogens (tertiary/aromatic N) is 3. The number of rotatable bonds is 5. The monoisotopic (exact) mass is 271 g/mol. The molecular formula is C11H17N3O3S. The van der Waals surface area contributed by atoms with Gasteiger partial charge in [0.2, 0.25) is 0 Å². The van der Waals surface area contributed by atoms with Gasteiger partial charge in [-0.3, -0.25) is 9.80 Å². The molecule has 0 aromatic carbocycles. The minimum atomic E-state index is -0.954. The van der Waals surface area contributed by atoms with E-state index in [2.05, 4.69) is 14.8 Å². The first-order chi connectivity index (χ1) is 8.70. The van der Waals surface area contributed by atoms with Crippen LogP contribution in [0.4, 0.5) is 0 Å². The van der Waals surface area contributed by atoms with Crippen LogP contribution in [0.2, 0.25) is 0 Å². The Balaban J connectivity index is 1.88. The van der Waals surface area contributed by atoms with Crippen molar-refractivity contribution in [2.75, 3.05) is 39.3 Å². The van der Waals surface area contributed by atoms with E-state index < -0.39 is 5.97 Å². The van der Waals surface area contributed by atoms with E-state index in [1.54, 1.807) is 5.51 Å². The van der Waals surface area contributed by atoms with Crippen LogP contribution in [0.15, 0.2) is 5.51 Å². The van der Waals surface area contributed by atoms with Gasteiger partial charge in [0, 0.05) is 39.3 Å². The molecule has 0 saturated carbocycles. The average Bonchev–Trinajstić information content (AvgIpc) is 2.80. The van der Waals surface area contributed by atoms with Gasteiger partial charge in [-0.25, -0.2) is 9.78 Å². The lowest BCUT2D eigenvalue weighted by atomic mass is 10.3. The summed E-state index contributed by atoms with van der Waals surface area (Å²) >= 11 is 1.40. The molecule has 100 valence electrons. The summed E-state index contributed by atoms with van der Waals surface area (Å²) in [5.41, 5.74) is 1.76. The summed E-state index contributed by atoms with van der Waals surface area (Å²) in [6, 6.07) is 0. The van der Waals surface area contributed by atoms with E-state index >= 15 is 0 Å². The normalized spacial score (nSPS) is 18.1. The maximum absolute atomic E-state index is 11.0. The predicted molar refractivity (Wildman–Crippen MR) is 67.9 cm³/mol. The van der Waals surface area contributed by atoms with Crippen molar-refractivity contribution >= 4 is 17.3 Å². The van der Waals surface area contributed by atoms with Crippen LogP contribution in [0, 0.1) is 0 Å². The van der Waals surface area contributed by atoms with Crippen LogP contribution < -0.4 is 0 Å². The van der Waals surface area contributed by atoms with Gasteiger partial charge in [0.25, 0.3) is 0 Å². The number of β-amino-alcohol motifs (C(OH)–C–C–N with tert-alkyl or cyclic N) is 1. The van der Waals surface area contributed by atoms with Gasteiger partial charge in [0.15, 0.2) is 5.69 Å². The number of carbonyl (C=O) groups is 1. The molecule has 0 radical (unpaired) electrons. The van der Waals surface area contributed by atoms with Crippen molar-refractivity contribution in [1.82, 2.24) is 14.8 Å². The maximum atomic E-state index is 11.0. The lowest BCUT2D eigenvalue weighted by Crippen LogP contribution is -2.46. The zero-order chi connectivity index (χ0) is 13.0. The van der Waals surface area contributed by atoms with Crippen molar-refractivity contribution in [3.8, 4) is 0 Å². The Kier molecular flexibility index (Phi) is 4.65. The van der Waals surface area contributed by atoms with E-state index in [9.17, 15) is 4.79 Å². The van der Waals surface area contributed by atoms with Gasteiger partial charge in [0.05, 0.1) is 17.0 Å². The van der Waals surface area contributed by atoms with Crippen molar-refractivity contribution in [2.24, 2.45) is 0 Å². The van der Waals surface area contributed by atoms with Crippen molar-refractivity contribution in [3.05, 3.63) is 16.1 Å². The van der Waals surface area contributed by atoms with Crippen molar-refractivity contribution < 1.29 is 15.0 Å². The van der Waals surface area contributed by atoms with Crippen LogP contribution in [-0.2, 0) is 6.54 Å². The molecule has 1 saturated heterocycles. The molecule has 0 bridgehead atoms. The molecule has 0 aliphatic carbocycles. The molecule has 0 amide bonds. The summed E-state index contributed by atoms with van der Waals surface area (Å²) < 4.78 is 0. The Bertz CT molecular complexity index is 402. The molecule has 2 rings (SSSR count). The van der Waals surface area contributed by atoms with Gasteiger partial charge in [-0.1, -0.05) is 0 Å². The standard InChI is InChI=1S/C11H17N3O3S/c15-6-5-13-1-3-14(4-2-13)7-9-10(11(16)17)12-8-18-9/h8,15H,1-7H2,(H,16,17). The zero-order valence-corrected chi connectivity index (χ0v) is 10.9. The van der Waals surface area contributed by atoms with E-state index in [0.717, 1.165) is 37.6 Å². The number of piperazine rings is 1. The minimum absolute atomic E-state index is 0.179. The fraction of sp³-hybridized carbons (Fsp3) is 0.636. The molecule has 0 unspecified atom stereocenters. The van der Waals surface area contributed by atoms with Crippen LogP contribution in [0.25, 0.3) is 0 Å². The fourth-order valence-corrected chi connectivity index (χ4v) is 2.87. The van der Waals surface area contributed by atoms with Crippen molar-refractivity contribution in [1.29, 1.82) is 0 Å². The zero-order valence-electron chi connectivity index (χ0n) is 10.1. The lowest BCUT2D eigenvalue weighted by Gasteiger charge is -2.34. The number of carboxylic acids is 1. The molecule has 2 heterocycles. The third kappa shape index (κ3) is 3.26. The summed E-state index contributed by atoms with van der Waals surface area (Å²) in [4.78, 5) is 20.1. The molecule has 1 aromatic rings. The van der Waals surface area contributed by atoms with Gasteiger partial charge >= 0.3 is 5.97 Å². The van der Waals surface area contributed by atoms with Crippen LogP contribution >= 0.6 is 11.3 Å². The molecule has 0 spiro atoms. The van der Waals surface area contributed by atoms with Gasteiger partial charge in [-0.2, -0.15) is 0 Å². The second kappa shape index (κ2) is 6.24. The van der Waals surface area contributed by atoms with E-state index in [1.807, 2.05) is 0 Å². The molecule has 1 aromatic heterocycles. The molecule has 2 N–H and O–H groups in total. The molecule has 1 aliphatic rings. The largest absolute Gasteiger partial charge is 0.476 e. The summed E-state index contributed by atoms with van der Waals surface area (Å²) in [5, 5.41) is 17.8. The Morgan fingerprint density at radius 1 is 1.33 bits per heavy atom. The number of aromatic nitrogens is 1. The smallest absolute Gasteiger partial charge is 0.355 e. The number of hydrogen-bond acceptors (Lipinski definition) is 6.